The van der Waals surface area contributed by atoms with Gasteiger partial charge in [0.25, 0.3) is 0 Å². The van der Waals surface area contributed by atoms with Gasteiger partial charge in [0.2, 0.25) is 5.91 Å². The van der Waals surface area contributed by atoms with Crippen LogP contribution in [0, 0.1) is 0 Å². The van der Waals surface area contributed by atoms with Crippen molar-refractivity contribution in [3.63, 3.8) is 0 Å². The molecule has 0 bridgehead atoms. The minimum Gasteiger partial charge on any atom is -0.383 e. The summed E-state index contributed by atoms with van der Waals surface area (Å²) in [6, 6.07) is 0.635. The Balaban J connectivity index is 1.95. The molecular formula is C12H23N3O2S. The molecule has 18 heavy (non-hydrogen) atoms. The first-order valence-corrected chi connectivity index (χ1v) is 6.85. The lowest BCUT2D eigenvalue weighted by Crippen LogP contribution is -2.42. The maximum Gasteiger partial charge on any atom is 0.220 e. The number of thiocarbonyl (C=S) groups is 1. The van der Waals surface area contributed by atoms with Gasteiger partial charge >= 0.3 is 0 Å². The summed E-state index contributed by atoms with van der Waals surface area (Å²) in [5.74, 6) is 0.144. The van der Waals surface area contributed by atoms with E-state index in [1.54, 1.807) is 7.11 Å². The summed E-state index contributed by atoms with van der Waals surface area (Å²) in [4.78, 5) is 11.4. The highest BCUT2D eigenvalue weighted by Crippen LogP contribution is 2.18. The van der Waals surface area contributed by atoms with Gasteiger partial charge in [-0.1, -0.05) is 0 Å². The molecule has 1 fully saturated rings. The van der Waals surface area contributed by atoms with E-state index >= 15 is 0 Å². The fourth-order valence-corrected chi connectivity index (χ4v) is 1.85. The Morgan fingerprint density at radius 2 is 2.22 bits per heavy atom. The molecular weight excluding hydrogens is 250 g/mol. The van der Waals surface area contributed by atoms with Crippen molar-refractivity contribution in [1.29, 1.82) is 0 Å². The number of amides is 1. The smallest absolute Gasteiger partial charge is 0.220 e. The number of methoxy groups -OCH3 is 1. The van der Waals surface area contributed by atoms with Crippen LogP contribution in [0.5, 0.6) is 0 Å². The number of rotatable bonds is 8. The molecule has 6 heteroatoms. The van der Waals surface area contributed by atoms with E-state index in [9.17, 15) is 4.79 Å². The molecule has 0 spiro atoms. The summed E-state index contributed by atoms with van der Waals surface area (Å²) < 4.78 is 5.00. The van der Waals surface area contributed by atoms with Gasteiger partial charge in [-0.2, -0.15) is 0 Å². The van der Waals surface area contributed by atoms with Crippen molar-refractivity contribution >= 4 is 23.2 Å². The molecule has 104 valence electrons. The highest BCUT2D eigenvalue weighted by Gasteiger charge is 2.22. The second-order valence-electron chi connectivity index (χ2n) is 4.70. The molecule has 0 aromatic rings. The second-order valence-corrected chi connectivity index (χ2v) is 5.11. The van der Waals surface area contributed by atoms with Crippen molar-refractivity contribution in [3.05, 3.63) is 0 Å². The van der Waals surface area contributed by atoms with Crippen molar-refractivity contribution in [2.24, 2.45) is 0 Å². The number of nitrogens with one attached hydrogen (secondary N) is 3. The fraction of sp³-hybridized carbons (Fsp3) is 0.833. The number of carbonyl (C=O) groups is 1. The molecule has 5 nitrogen and oxygen atoms in total. The quantitative estimate of drug-likeness (QED) is 0.445. The summed E-state index contributed by atoms with van der Waals surface area (Å²) in [6.45, 7) is 3.33. The first-order valence-electron chi connectivity index (χ1n) is 6.44. The van der Waals surface area contributed by atoms with Gasteiger partial charge in [0.1, 0.15) is 0 Å². The van der Waals surface area contributed by atoms with Crippen LogP contribution in [0.25, 0.3) is 0 Å². The van der Waals surface area contributed by atoms with Gasteiger partial charge in [-0.3, -0.25) is 4.79 Å². The van der Waals surface area contributed by atoms with Crippen LogP contribution in [0.3, 0.4) is 0 Å². The summed E-state index contributed by atoms with van der Waals surface area (Å²) in [5.41, 5.74) is 0. The van der Waals surface area contributed by atoms with E-state index in [1.165, 1.54) is 0 Å². The van der Waals surface area contributed by atoms with E-state index in [0.29, 0.717) is 30.7 Å². The summed E-state index contributed by atoms with van der Waals surface area (Å²) in [6.07, 6.45) is 3.61. The van der Waals surface area contributed by atoms with Crippen molar-refractivity contribution < 1.29 is 9.53 Å². The molecule has 1 saturated carbocycles. The van der Waals surface area contributed by atoms with Gasteiger partial charge < -0.3 is 20.7 Å². The standard InChI is InChI=1S/C12H23N3O2S/c1-9(8-17-2)14-12(18)13-7-3-4-11(16)15-10-5-6-10/h9-10H,3-8H2,1-2H3,(H,15,16)(H2,13,14,18). The summed E-state index contributed by atoms with van der Waals surface area (Å²) >= 11 is 5.13. The maximum absolute atomic E-state index is 11.4. The minimum absolute atomic E-state index is 0.144. The topological polar surface area (TPSA) is 62.4 Å². The van der Waals surface area contributed by atoms with Gasteiger partial charge in [-0.05, 0) is 38.4 Å². The molecule has 3 N–H and O–H groups in total. The van der Waals surface area contributed by atoms with Gasteiger partial charge in [0.15, 0.2) is 5.11 Å². The normalized spacial score (nSPS) is 15.9. The third kappa shape index (κ3) is 7.45. The number of ether oxygens (including phenoxy) is 1. The predicted molar refractivity (Wildman–Crippen MR) is 75.5 cm³/mol. The summed E-state index contributed by atoms with van der Waals surface area (Å²) in [5, 5.41) is 9.76. The van der Waals surface area contributed by atoms with Crippen LogP contribution < -0.4 is 16.0 Å². The number of hydrogen-bond donors (Lipinski definition) is 3. The zero-order valence-electron chi connectivity index (χ0n) is 11.1. The van der Waals surface area contributed by atoms with Crippen molar-refractivity contribution in [2.75, 3.05) is 20.3 Å². The average molecular weight is 273 g/mol. The summed E-state index contributed by atoms with van der Waals surface area (Å²) in [7, 11) is 1.66. The molecule has 0 aromatic carbocycles. The monoisotopic (exact) mass is 273 g/mol. The van der Waals surface area contributed by atoms with Crippen molar-refractivity contribution in [1.82, 2.24) is 16.0 Å². The fourth-order valence-electron chi connectivity index (χ4n) is 1.54. The van der Waals surface area contributed by atoms with Crippen LogP contribution in [-0.4, -0.2) is 43.4 Å². The molecule has 0 aromatic heterocycles. The van der Waals surface area contributed by atoms with Crippen LogP contribution in [0.1, 0.15) is 32.6 Å². The zero-order chi connectivity index (χ0) is 13.4. The molecule has 1 atom stereocenters. The third-order valence-corrected chi connectivity index (χ3v) is 2.86. The van der Waals surface area contributed by atoms with Crippen molar-refractivity contribution in [3.8, 4) is 0 Å². The Morgan fingerprint density at radius 3 is 2.83 bits per heavy atom. The Labute approximate surface area is 114 Å². The molecule has 0 aliphatic heterocycles. The predicted octanol–water partition coefficient (Wildman–Crippen LogP) is 0.544. The Bertz CT molecular complexity index is 282. The molecule has 1 aliphatic rings. The van der Waals surface area contributed by atoms with Crippen molar-refractivity contribution in [2.45, 2.75) is 44.7 Å². The number of carbonyl (C=O) groups excluding carboxylic acids is 1. The third-order valence-electron chi connectivity index (χ3n) is 2.60. The molecule has 0 saturated heterocycles. The number of hydrogen-bond acceptors (Lipinski definition) is 3. The lowest BCUT2D eigenvalue weighted by molar-refractivity contribution is -0.121. The maximum atomic E-state index is 11.4. The minimum atomic E-state index is 0.144. The Hall–Kier alpha value is -0.880. The lowest BCUT2D eigenvalue weighted by Gasteiger charge is -2.15. The SMILES string of the molecule is COCC(C)NC(=S)NCCCC(=O)NC1CC1. The van der Waals surface area contributed by atoms with Crippen LogP contribution >= 0.6 is 12.2 Å². The van der Waals surface area contributed by atoms with E-state index < -0.39 is 0 Å². The largest absolute Gasteiger partial charge is 0.383 e. The lowest BCUT2D eigenvalue weighted by atomic mass is 10.3. The zero-order valence-corrected chi connectivity index (χ0v) is 11.9. The van der Waals surface area contributed by atoms with E-state index in [1.807, 2.05) is 6.92 Å². The van der Waals surface area contributed by atoms with Crippen LogP contribution in [-0.2, 0) is 9.53 Å². The molecule has 1 unspecified atom stereocenters. The van der Waals surface area contributed by atoms with Gasteiger partial charge in [-0.15, -0.1) is 0 Å². The first-order chi connectivity index (χ1) is 8.61. The van der Waals surface area contributed by atoms with E-state index in [2.05, 4.69) is 16.0 Å². The Kier molecular flexibility index (Phi) is 6.97. The van der Waals surface area contributed by atoms with E-state index in [4.69, 9.17) is 17.0 Å². The van der Waals surface area contributed by atoms with Crippen LogP contribution in [0.2, 0.25) is 0 Å². The molecule has 0 heterocycles. The highest BCUT2D eigenvalue weighted by molar-refractivity contribution is 7.80. The average Bonchev–Trinajstić information content (AvgIpc) is 3.08. The van der Waals surface area contributed by atoms with Gasteiger partial charge in [0, 0.05) is 32.2 Å². The van der Waals surface area contributed by atoms with Crippen LogP contribution in [0.4, 0.5) is 0 Å². The first kappa shape index (κ1) is 15.2. The van der Waals surface area contributed by atoms with E-state index in [0.717, 1.165) is 19.3 Å². The molecule has 1 rings (SSSR count). The van der Waals surface area contributed by atoms with Crippen LogP contribution in [0.15, 0.2) is 0 Å². The second kappa shape index (κ2) is 8.26. The van der Waals surface area contributed by atoms with Gasteiger partial charge in [-0.25, -0.2) is 0 Å². The molecule has 1 amide bonds. The molecule has 0 radical (unpaired) electrons. The van der Waals surface area contributed by atoms with Gasteiger partial charge in [0.05, 0.1) is 6.61 Å². The Morgan fingerprint density at radius 1 is 1.50 bits per heavy atom. The van der Waals surface area contributed by atoms with E-state index in [-0.39, 0.29) is 11.9 Å². The highest BCUT2D eigenvalue weighted by atomic mass is 32.1. The molecule has 1 aliphatic carbocycles.